The zero-order chi connectivity index (χ0) is 12.4. The Balaban J connectivity index is 2.77. The highest BCUT2D eigenvalue weighted by atomic mass is 32.2. The molecule has 2 rings (SSSR count). The molecule has 5 heteroatoms. The van der Waals surface area contributed by atoms with Gasteiger partial charge in [-0.15, -0.1) is 11.8 Å². The molecule has 0 saturated carbocycles. The number of fused-ring (bicyclic) bond motifs is 1. The Morgan fingerprint density at radius 1 is 1.06 bits per heavy atom. The fraction of sp³-hybridized carbons (Fsp3) is 0.333. The minimum absolute atomic E-state index is 0.685. The van der Waals surface area contributed by atoms with E-state index < -0.39 is 0 Å². The number of hydrogen-bond donors (Lipinski definition) is 0. The molecule has 17 heavy (non-hydrogen) atoms. The summed E-state index contributed by atoms with van der Waals surface area (Å²) in [6, 6.07) is 3.79. The molecular weight excluding hydrogens is 236 g/mol. The topological polar surface area (TPSA) is 44.2 Å². The number of rotatable bonds is 3. The zero-order valence-corrected chi connectivity index (χ0v) is 11.1. The van der Waals surface area contributed by atoms with Crippen LogP contribution < -0.4 is 9.47 Å². The molecule has 0 aliphatic heterocycles. The van der Waals surface area contributed by atoms with E-state index in [9.17, 15) is 0 Å². The fourth-order valence-corrected chi connectivity index (χ4v) is 2.30. The summed E-state index contributed by atoms with van der Waals surface area (Å²) >= 11 is 1.60. The van der Waals surface area contributed by atoms with E-state index in [-0.39, 0.29) is 0 Å². The molecule has 1 aromatic carbocycles. The monoisotopic (exact) mass is 250 g/mol. The van der Waals surface area contributed by atoms with E-state index in [0.29, 0.717) is 11.5 Å². The van der Waals surface area contributed by atoms with Crippen LogP contribution in [-0.2, 0) is 0 Å². The molecule has 0 spiro atoms. The van der Waals surface area contributed by atoms with Crippen molar-refractivity contribution in [3.05, 3.63) is 18.0 Å². The normalized spacial score (nSPS) is 10.6. The van der Waals surface area contributed by atoms with E-state index >= 15 is 0 Å². The van der Waals surface area contributed by atoms with E-state index in [1.807, 2.05) is 25.3 Å². The molecule has 0 atom stereocenters. The van der Waals surface area contributed by atoms with Crippen molar-refractivity contribution in [1.29, 1.82) is 0 Å². The average molecular weight is 250 g/mol. The molecule has 2 aromatic rings. The first-order chi connectivity index (χ1) is 8.19. The maximum absolute atomic E-state index is 5.28. The van der Waals surface area contributed by atoms with Crippen molar-refractivity contribution in [3.8, 4) is 11.5 Å². The van der Waals surface area contributed by atoms with Crippen molar-refractivity contribution in [3.63, 3.8) is 0 Å². The lowest BCUT2D eigenvalue weighted by molar-refractivity contribution is 0.355. The van der Waals surface area contributed by atoms with Crippen molar-refractivity contribution in [2.24, 2.45) is 0 Å². The smallest absolute Gasteiger partial charge is 0.162 e. The van der Waals surface area contributed by atoms with Crippen LogP contribution in [0.15, 0.2) is 17.2 Å². The molecule has 0 amide bonds. The van der Waals surface area contributed by atoms with Crippen LogP contribution in [0.2, 0.25) is 0 Å². The van der Waals surface area contributed by atoms with Gasteiger partial charge in [0.1, 0.15) is 10.9 Å². The Morgan fingerprint density at radius 2 is 1.71 bits per heavy atom. The Labute approximate surface area is 104 Å². The van der Waals surface area contributed by atoms with Crippen LogP contribution in [0.4, 0.5) is 0 Å². The summed E-state index contributed by atoms with van der Waals surface area (Å²) < 4.78 is 10.5. The Morgan fingerprint density at radius 3 is 2.29 bits per heavy atom. The predicted molar refractivity (Wildman–Crippen MR) is 69.2 cm³/mol. The van der Waals surface area contributed by atoms with Gasteiger partial charge in [-0.2, -0.15) is 0 Å². The van der Waals surface area contributed by atoms with Crippen LogP contribution in [0.3, 0.4) is 0 Å². The van der Waals surface area contributed by atoms with Gasteiger partial charge in [0.15, 0.2) is 11.5 Å². The third-order valence-electron chi connectivity index (χ3n) is 2.47. The Kier molecular flexibility index (Phi) is 3.38. The molecular formula is C12H14N2O2S. The minimum atomic E-state index is 0.685. The molecule has 0 unspecified atom stereocenters. The summed E-state index contributed by atoms with van der Waals surface area (Å²) in [7, 11) is 3.24. The number of thioether (sulfide) groups is 1. The van der Waals surface area contributed by atoms with Crippen LogP contribution in [0, 0.1) is 6.92 Å². The van der Waals surface area contributed by atoms with Crippen molar-refractivity contribution < 1.29 is 9.47 Å². The van der Waals surface area contributed by atoms with Gasteiger partial charge < -0.3 is 9.47 Å². The second-order valence-corrected chi connectivity index (χ2v) is 4.30. The van der Waals surface area contributed by atoms with Crippen LogP contribution in [-0.4, -0.2) is 30.4 Å². The molecule has 0 radical (unpaired) electrons. The number of benzene rings is 1. The average Bonchev–Trinajstić information content (AvgIpc) is 2.35. The minimum Gasteiger partial charge on any atom is -0.493 e. The van der Waals surface area contributed by atoms with Gasteiger partial charge in [0, 0.05) is 11.5 Å². The first-order valence-electron chi connectivity index (χ1n) is 5.14. The number of aryl methyl sites for hydroxylation is 1. The highest BCUT2D eigenvalue weighted by Gasteiger charge is 2.11. The largest absolute Gasteiger partial charge is 0.493 e. The molecule has 90 valence electrons. The predicted octanol–water partition coefficient (Wildman–Crippen LogP) is 2.68. The third-order valence-corrected chi connectivity index (χ3v) is 3.17. The molecule has 4 nitrogen and oxygen atoms in total. The lowest BCUT2D eigenvalue weighted by atomic mass is 10.2. The van der Waals surface area contributed by atoms with Gasteiger partial charge in [-0.3, -0.25) is 0 Å². The first kappa shape index (κ1) is 12.0. The third kappa shape index (κ3) is 2.15. The van der Waals surface area contributed by atoms with Crippen molar-refractivity contribution in [2.75, 3.05) is 20.5 Å². The molecule has 0 aliphatic rings. The van der Waals surface area contributed by atoms with Gasteiger partial charge in [-0.05, 0) is 19.2 Å². The van der Waals surface area contributed by atoms with Crippen molar-refractivity contribution in [2.45, 2.75) is 11.9 Å². The molecule has 0 aliphatic carbocycles. The Hall–Kier alpha value is -1.49. The summed E-state index contributed by atoms with van der Waals surface area (Å²) in [4.78, 5) is 8.81. The fourth-order valence-electron chi connectivity index (χ4n) is 1.69. The van der Waals surface area contributed by atoms with Gasteiger partial charge >= 0.3 is 0 Å². The molecule has 0 N–H and O–H groups in total. The van der Waals surface area contributed by atoms with Crippen LogP contribution >= 0.6 is 11.8 Å². The van der Waals surface area contributed by atoms with Crippen LogP contribution in [0.1, 0.15) is 5.82 Å². The number of ether oxygens (including phenoxy) is 2. The van der Waals surface area contributed by atoms with E-state index in [1.165, 1.54) is 0 Å². The van der Waals surface area contributed by atoms with Crippen molar-refractivity contribution in [1.82, 2.24) is 9.97 Å². The quantitative estimate of drug-likeness (QED) is 0.619. The number of aromatic nitrogens is 2. The van der Waals surface area contributed by atoms with Gasteiger partial charge in [0.25, 0.3) is 0 Å². The second kappa shape index (κ2) is 4.79. The molecule has 0 bridgehead atoms. The number of methoxy groups -OCH3 is 2. The maximum atomic E-state index is 5.28. The Bertz CT molecular complexity index is 558. The summed E-state index contributed by atoms with van der Waals surface area (Å²) in [6.07, 6.45) is 2.00. The summed E-state index contributed by atoms with van der Waals surface area (Å²) in [5.41, 5.74) is 0.875. The number of hydrogen-bond acceptors (Lipinski definition) is 5. The van der Waals surface area contributed by atoms with Crippen molar-refractivity contribution >= 4 is 22.7 Å². The lowest BCUT2D eigenvalue weighted by Gasteiger charge is -2.10. The van der Waals surface area contributed by atoms with E-state index in [2.05, 4.69) is 9.97 Å². The summed E-state index contributed by atoms with van der Waals surface area (Å²) in [5, 5.41) is 1.94. The number of nitrogens with zero attached hydrogens (tertiary/aromatic N) is 2. The van der Waals surface area contributed by atoms with E-state index in [1.54, 1.807) is 26.0 Å². The molecule has 0 saturated heterocycles. The summed E-state index contributed by atoms with van der Waals surface area (Å²) in [5.74, 6) is 2.14. The van der Waals surface area contributed by atoms with Gasteiger partial charge in [-0.25, -0.2) is 9.97 Å². The second-order valence-electron chi connectivity index (χ2n) is 3.50. The van der Waals surface area contributed by atoms with Crippen LogP contribution in [0.5, 0.6) is 11.5 Å². The lowest BCUT2D eigenvalue weighted by Crippen LogP contribution is -1.96. The highest BCUT2D eigenvalue weighted by molar-refractivity contribution is 7.98. The maximum Gasteiger partial charge on any atom is 0.162 e. The zero-order valence-electron chi connectivity index (χ0n) is 10.3. The van der Waals surface area contributed by atoms with Gasteiger partial charge in [0.05, 0.1) is 19.7 Å². The standard InChI is InChI=1S/C12H14N2O2S/c1-7-13-9-6-11(16-3)10(15-2)5-8(9)12(14-7)17-4/h5-6H,1-4H3. The SMILES string of the molecule is COc1cc2nc(C)nc(SC)c2cc1OC. The van der Waals surface area contributed by atoms with Crippen LogP contribution in [0.25, 0.3) is 10.9 Å². The molecule has 1 aromatic heterocycles. The highest BCUT2D eigenvalue weighted by Crippen LogP contribution is 2.34. The van der Waals surface area contributed by atoms with E-state index in [4.69, 9.17) is 9.47 Å². The van der Waals surface area contributed by atoms with Gasteiger partial charge in [0.2, 0.25) is 0 Å². The first-order valence-corrected chi connectivity index (χ1v) is 6.36. The molecule has 1 heterocycles. The van der Waals surface area contributed by atoms with E-state index in [0.717, 1.165) is 21.8 Å². The summed E-state index contributed by atoms with van der Waals surface area (Å²) in [6.45, 7) is 1.88. The van der Waals surface area contributed by atoms with Gasteiger partial charge in [-0.1, -0.05) is 0 Å². The molecule has 0 fully saturated rings.